The zero-order chi connectivity index (χ0) is 15.6. The maximum atomic E-state index is 3.88. The monoisotopic (exact) mass is 306 g/mol. The summed E-state index contributed by atoms with van der Waals surface area (Å²) in [6, 6.07) is 9.39. The van der Waals surface area contributed by atoms with E-state index in [4.69, 9.17) is 0 Å². The molecule has 0 unspecified atom stereocenters. The summed E-state index contributed by atoms with van der Waals surface area (Å²) in [5, 5.41) is 1.70. The van der Waals surface area contributed by atoms with E-state index in [0.29, 0.717) is 0 Å². The third kappa shape index (κ3) is 5.59. The zero-order valence-electron chi connectivity index (χ0n) is 14.5. The summed E-state index contributed by atoms with van der Waals surface area (Å²) in [7, 11) is -1.30. The SMILES string of the molecule is C=Cc1ccc([PH](CCCC)(CCCC)CCCC)cc1. The molecule has 0 radical (unpaired) electrons. The van der Waals surface area contributed by atoms with Crippen molar-refractivity contribution in [2.75, 3.05) is 18.5 Å². The quantitative estimate of drug-likeness (QED) is 0.433. The van der Waals surface area contributed by atoms with Crippen molar-refractivity contribution in [1.29, 1.82) is 0 Å². The first-order chi connectivity index (χ1) is 10.2. The summed E-state index contributed by atoms with van der Waals surface area (Å²) < 4.78 is 0. The van der Waals surface area contributed by atoms with Gasteiger partial charge in [-0.2, -0.15) is 0 Å². The Kier molecular flexibility index (Phi) is 8.93. The van der Waals surface area contributed by atoms with E-state index in [2.05, 4.69) is 51.6 Å². The second-order valence-corrected chi connectivity index (χ2v) is 11.1. The van der Waals surface area contributed by atoms with E-state index in [0.717, 1.165) is 0 Å². The predicted molar refractivity (Wildman–Crippen MR) is 104 cm³/mol. The van der Waals surface area contributed by atoms with Crippen LogP contribution in [0.1, 0.15) is 64.9 Å². The van der Waals surface area contributed by atoms with Gasteiger partial charge in [-0.1, -0.05) is 0 Å². The van der Waals surface area contributed by atoms with Gasteiger partial charge >= 0.3 is 133 Å². The molecule has 0 heterocycles. The summed E-state index contributed by atoms with van der Waals surface area (Å²) in [5.74, 6) is 0. The molecule has 0 amide bonds. The van der Waals surface area contributed by atoms with Gasteiger partial charge in [-0.05, 0) is 0 Å². The molecule has 0 aliphatic heterocycles. The molecular weight excluding hydrogens is 271 g/mol. The van der Waals surface area contributed by atoms with E-state index in [1.54, 1.807) is 5.30 Å². The predicted octanol–water partition coefficient (Wildman–Crippen LogP) is 6.11. The van der Waals surface area contributed by atoms with Crippen molar-refractivity contribution in [3.8, 4) is 0 Å². The minimum atomic E-state index is -1.30. The van der Waals surface area contributed by atoms with Gasteiger partial charge in [0.05, 0.1) is 0 Å². The van der Waals surface area contributed by atoms with Gasteiger partial charge in [0.2, 0.25) is 0 Å². The van der Waals surface area contributed by atoms with Crippen LogP contribution in [0.25, 0.3) is 6.08 Å². The third-order valence-corrected chi connectivity index (χ3v) is 10.3. The molecule has 0 saturated carbocycles. The first-order valence-corrected chi connectivity index (χ1v) is 11.6. The molecule has 120 valence electrons. The van der Waals surface area contributed by atoms with Gasteiger partial charge in [0, 0.05) is 0 Å². The van der Waals surface area contributed by atoms with Crippen molar-refractivity contribution in [3.63, 3.8) is 0 Å². The molecule has 0 fully saturated rings. The molecular formula is C20H35P. The Bertz CT molecular complexity index is 369. The van der Waals surface area contributed by atoms with Crippen molar-refractivity contribution < 1.29 is 0 Å². The van der Waals surface area contributed by atoms with Crippen molar-refractivity contribution in [2.45, 2.75) is 59.3 Å². The molecule has 0 aliphatic carbocycles. The minimum absolute atomic E-state index is 1.25. The fraction of sp³-hybridized carbons (Fsp3) is 0.600. The molecule has 1 aromatic rings. The second-order valence-electron chi connectivity index (χ2n) is 6.42. The average molecular weight is 306 g/mol. The summed E-state index contributed by atoms with van der Waals surface area (Å²) in [4.78, 5) is 0. The van der Waals surface area contributed by atoms with Crippen LogP contribution >= 0.6 is 7.26 Å². The Labute approximate surface area is 133 Å². The molecule has 0 atom stereocenters. The van der Waals surface area contributed by atoms with Crippen molar-refractivity contribution in [3.05, 3.63) is 36.4 Å². The van der Waals surface area contributed by atoms with Crippen LogP contribution in [0.5, 0.6) is 0 Å². The van der Waals surface area contributed by atoms with Gasteiger partial charge in [0.1, 0.15) is 0 Å². The first kappa shape index (κ1) is 18.4. The molecule has 1 rings (SSSR count). The zero-order valence-corrected chi connectivity index (χ0v) is 15.5. The summed E-state index contributed by atoms with van der Waals surface area (Å²) >= 11 is 0. The van der Waals surface area contributed by atoms with Crippen molar-refractivity contribution in [1.82, 2.24) is 0 Å². The number of rotatable bonds is 11. The molecule has 0 aliphatic rings. The van der Waals surface area contributed by atoms with Gasteiger partial charge in [-0.15, -0.1) is 0 Å². The third-order valence-electron chi connectivity index (χ3n) is 4.79. The second kappa shape index (κ2) is 10.2. The standard InChI is InChI=1S/C20H35P/c1-5-9-16-21(17-10-6-2,18-11-7-3)20-14-12-19(8-4)13-15-20/h8,12-15,21H,4-7,9-11,16-18H2,1-3H3. The van der Waals surface area contributed by atoms with Crippen molar-refractivity contribution in [2.24, 2.45) is 0 Å². The molecule has 0 spiro atoms. The van der Waals surface area contributed by atoms with Gasteiger partial charge in [0.25, 0.3) is 0 Å². The molecule has 21 heavy (non-hydrogen) atoms. The van der Waals surface area contributed by atoms with Gasteiger partial charge < -0.3 is 0 Å². The Morgan fingerprint density at radius 1 is 0.810 bits per heavy atom. The summed E-state index contributed by atoms with van der Waals surface area (Å²) in [5.41, 5.74) is 1.25. The Morgan fingerprint density at radius 2 is 1.24 bits per heavy atom. The van der Waals surface area contributed by atoms with E-state index in [1.807, 2.05) is 6.08 Å². The van der Waals surface area contributed by atoms with E-state index in [-0.39, 0.29) is 0 Å². The number of hydrogen-bond acceptors (Lipinski definition) is 0. The van der Waals surface area contributed by atoms with Crippen LogP contribution in [0.15, 0.2) is 30.8 Å². The fourth-order valence-electron chi connectivity index (χ4n) is 3.33. The normalized spacial score (nSPS) is 12.3. The Balaban J connectivity index is 3.05. The molecule has 1 aromatic carbocycles. The number of benzene rings is 1. The van der Waals surface area contributed by atoms with E-state index in [9.17, 15) is 0 Å². The molecule has 0 aromatic heterocycles. The topological polar surface area (TPSA) is 0 Å². The van der Waals surface area contributed by atoms with E-state index >= 15 is 0 Å². The number of unbranched alkanes of at least 4 members (excludes halogenated alkanes) is 3. The molecule has 1 heteroatoms. The fourth-order valence-corrected chi connectivity index (χ4v) is 8.91. The Hall–Kier alpha value is -0.610. The summed E-state index contributed by atoms with van der Waals surface area (Å²) in [6.07, 6.45) is 14.6. The van der Waals surface area contributed by atoms with Crippen LogP contribution < -0.4 is 5.30 Å². The van der Waals surface area contributed by atoms with Crippen molar-refractivity contribution >= 4 is 18.6 Å². The molecule has 0 nitrogen and oxygen atoms in total. The van der Waals surface area contributed by atoms with Crippen LogP contribution in [0.3, 0.4) is 0 Å². The average Bonchev–Trinajstić information content (AvgIpc) is 2.55. The number of hydrogen-bond donors (Lipinski definition) is 0. The summed E-state index contributed by atoms with van der Waals surface area (Å²) in [6.45, 7) is 10.9. The Morgan fingerprint density at radius 3 is 1.57 bits per heavy atom. The molecule has 0 saturated heterocycles. The van der Waals surface area contributed by atoms with Gasteiger partial charge in [-0.3, -0.25) is 0 Å². The maximum absolute atomic E-state index is 3.88. The van der Waals surface area contributed by atoms with E-state index in [1.165, 1.54) is 62.6 Å². The molecule has 0 bridgehead atoms. The van der Waals surface area contributed by atoms with Crippen LogP contribution in [0.4, 0.5) is 0 Å². The first-order valence-electron chi connectivity index (χ1n) is 8.95. The van der Waals surface area contributed by atoms with Crippen LogP contribution in [-0.4, -0.2) is 18.5 Å². The van der Waals surface area contributed by atoms with Gasteiger partial charge in [0.15, 0.2) is 0 Å². The van der Waals surface area contributed by atoms with E-state index < -0.39 is 7.26 Å². The van der Waals surface area contributed by atoms with Crippen LogP contribution in [0, 0.1) is 0 Å². The van der Waals surface area contributed by atoms with Crippen LogP contribution in [-0.2, 0) is 0 Å². The van der Waals surface area contributed by atoms with Crippen LogP contribution in [0.2, 0.25) is 0 Å². The van der Waals surface area contributed by atoms with Gasteiger partial charge in [-0.25, -0.2) is 0 Å². The molecule has 0 N–H and O–H groups in total.